The number of ether oxygens (including phenoxy) is 1. The third-order valence-electron chi connectivity index (χ3n) is 2.62. The molecule has 0 radical (unpaired) electrons. The summed E-state index contributed by atoms with van der Waals surface area (Å²) in [5.74, 6) is -2.90. The number of hydrogen-bond donors (Lipinski definition) is 0. The first-order valence-electron chi connectivity index (χ1n) is 6.16. The Labute approximate surface area is 112 Å². The van der Waals surface area contributed by atoms with E-state index in [2.05, 4.69) is 16.8 Å². The summed E-state index contributed by atoms with van der Waals surface area (Å²) in [6.45, 7) is 12.2. The van der Waals surface area contributed by atoms with E-state index in [4.69, 9.17) is 4.74 Å². The zero-order valence-electron chi connectivity index (χ0n) is 12.1. The quantitative estimate of drug-likeness (QED) is 0.778. The molecule has 0 saturated carbocycles. The van der Waals surface area contributed by atoms with Crippen molar-refractivity contribution in [1.82, 2.24) is 10.2 Å². The summed E-state index contributed by atoms with van der Waals surface area (Å²) in [6.07, 6.45) is 0. The van der Waals surface area contributed by atoms with Crippen LogP contribution in [0.3, 0.4) is 0 Å². The van der Waals surface area contributed by atoms with Gasteiger partial charge < -0.3 is 4.74 Å². The predicted molar refractivity (Wildman–Crippen MR) is 71.0 cm³/mol. The highest BCUT2D eigenvalue weighted by atomic mass is 19.3. The molecular formula is C14H20F2N2O. The van der Waals surface area contributed by atoms with Crippen molar-refractivity contribution in [3.8, 4) is 0 Å². The number of halogens is 2. The van der Waals surface area contributed by atoms with Crippen LogP contribution < -0.4 is 0 Å². The summed E-state index contributed by atoms with van der Waals surface area (Å²) in [5, 5.41) is 7.88. The second-order valence-electron chi connectivity index (χ2n) is 5.49. The third-order valence-corrected chi connectivity index (χ3v) is 2.62. The van der Waals surface area contributed by atoms with Crippen LogP contribution in [-0.2, 0) is 16.1 Å². The second kappa shape index (κ2) is 5.23. The van der Waals surface area contributed by atoms with Gasteiger partial charge in [-0.3, -0.25) is 0 Å². The van der Waals surface area contributed by atoms with E-state index < -0.39 is 5.92 Å². The molecule has 3 nitrogen and oxygen atoms in total. The zero-order valence-corrected chi connectivity index (χ0v) is 12.1. The van der Waals surface area contributed by atoms with Crippen molar-refractivity contribution in [1.29, 1.82) is 0 Å². The van der Waals surface area contributed by atoms with Gasteiger partial charge in [-0.25, -0.2) is 8.78 Å². The van der Waals surface area contributed by atoms with Crippen molar-refractivity contribution in [2.45, 2.75) is 46.0 Å². The molecule has 0 saturated heterocycles. The van der Waals surface area contributed by atoms with Crippen molar-refractivity contribution in [3.05, 3.63) is 29.6 Å². The molecule has 0 spiro atoms. The summed E-state index contributed by atoms with van der Waals surface area (Å²) in [6, 6.07) is 1.38. The number of hydrogen-bond acceptors (Lipinski definition) is 3. The molecule has 1 rings (SSSR count). The fourth-order valence-corrected chi connectivity index (χ4v) is 1.54. The van der Waals surface area contributed by atoms with Crippen LogP contribution in [0.5, 0.6) is 0 Å². The molecule has 0 fully saturated rings. The first kappa shape index (κ1) is 15.5. The molecule has 106 valence electrons. The maximum atomic E-state index is 13.7. The molecule has 19 heavy (non-hydrogen) atoms. The highest BCUT2D eigenvalue weighted by Gasteiger charge is 2.32. The van der Waals surface area contributed by atoms with Gasteiger partial charge in [-0.1, -0.05) is 27.4 Å². The Morgan fingerprint density at radius 1 is 1.26 bits per heavy atom. The van der Waals surface area contributed by atoms with Crippen LogP contribution in [0.15, 0.2) is 12.6 Å². The molecule has 0 aliphatic rings. The Morgan fingerprint density at radius 3 is 2.26 bits per heavy atom. The summed E-state index contributed by atoms with van der Waals surface area (Å²) in [7, 11) is 0. The molecule has 0 N–H and O–H groups in total. The number of nitrogens with zero attached hydrogens (tertiary/aromatic N) is 2. The van der Waals surface area contributed by atoms with Gasteiger partial charge in [0.1, 0.15) is 11.5 Å². The van der Waals surface area contributed by atoms with E-state index in [1.54, 1.807) is 6.92 Å². The van der Waals surface area contributed by atoms with Crippen LogP contribution in [0.4, 0.5) is 8.78 Å². The first-order valence-corrected chi connectivity index (χ1v) is 6.16. The van der Waals surface area contributed by atoms with Gasteiger partial charge in [-0.2, -0.15) is 5.10 Å². The van der Waals surface area contributed by atoms with Crippen LogP contribution >= 0.6 is 0 Å². The van der Waals surface area contributed by atoms with E-state index in [9.17, 15) is 8.78 Å². The molecule has 0 aliphatic heterocycles. The van der Waals surface area contributed by atoms with Crippen molar-refractivity contribution in [2.24, 2.45) is 0 Å². The van der Waals surface area contributed by atoms with Crippen molar-refractivity contribution >= 4 is 5.76 Å². The Hall–Kier alpha value is -1.52. The lowest BCUT2D eigenvalue weighted by atomic mass is 9.90. The summed E-state index contributed by atoms with van der Waals surface area (Å²) >= 11 is 0. The van der Waals surface area contributed by atoms with Gasteiger partial charge in [-0.15, -0.1) is 5.10 Å². The van der Waals surface area contributed by atoms with Gasteiger partial charge in [0.15, 0.2) is 0 Å². The minimum Gasteiger partial charge on any atom is -0.492 e. The average molecular weight is 270 g/mol. The van der Waals surface area contributed by atoms with Crippen LogP contribution in [0.1, 0.15) is 51.6 Å². The average Bonchev–Trinajstić information content (AvgIpc) is 2.26. The number of rotatable bonds is 4. The molecule has 1 heterocycles. The normalized spacial score (nSPS) is 12.4. The monoisotopic (exact) mass is 270 g/mol. The van der Waals surface area contributed by atoms with Gasteiger partial charge in [0.25, 0.3) is 5.92 Å². The lowest BCUT2D eigenvalue weighted by molar-refractivity contribution is 0.0160. The lowest BCUT2D eigenvalue weighted by Crippen LogP contribution is -2.20. The lowest BCUT2D eigenvalue weighted by Gasteiger charge is -2.21. The minimum absolute atomic E-state index is 0.0161. The Balaban J connectivity index is 3.38. The molecule has 1 aromatic heterocycles. The molecule has 0 aromatic carbocycles. The summed E-state index contributed by atoms with van der Waals surface area (Å²) in [5.41, 5.74) is -0.0244. The molecule has 0 amide bonds. The van der Waals surface area contributed by atoms with Crippen LogP contribution in [0.25, 0.3) is 5.76 Å². The smallest absolute Gasteiger partial charge is 0.272 e. The van der Waals surface area contributed by atoms with Crippen LogP contribution in [0, 0.1) is 0 Å². The van der Waals surface area contributed by atoms with Crippen LogP contribution in [-0.4, -0.2) is 16.8 Å². The number of alkyl halides is 2. The summed E-state index contributed by atoms with van der Waals surface area (Å²) < 4.78 is 32.6. The molecule has 0 unspecified atom stereocenters. The molecule has 0 atom stereocenters. The zero-order chi connectivity index (χ0) is 14.8. The Kier molecular flexibility index (Phi) is 4.28. The minimum atomic E-state index is -3.02. The predicted octanol–water partition coefficient (Wildman–Crippen LogP) is 3.89. The van der Waals surface area contributed by atoms with Gasteiger partial charge in [0.05, 0.1) is 17.9 Å². The van der Waals surface area contributed by atoms with Gasteiger partial charge in [0, 0.05) is 12.3 Å². The second-order valence-corrected chi connectivity index (χ2v) is 5.49. The van der Waals surface area contributed by atoms with Crippen LogP contribution in [0.2, 0.25) is 0 Å². The third kappa shape index (κ3) is 3.72. The topological polar surface area (TPSA) is 35.0 Å². The van der Waals surface area contributed by atoms with Gasteiger partial charge in [0.2, 0.25) is 0 Å². The molecule has 0 aliphatic carbocycles. The van der Waals surface area contributed by atoms with E-state index >= 15 is 0 Å². The van der Waals surface area contributed by atoms with Gasteiger partial charge >= 0.3 is 0 Å². The molecule has 5 heteroatoms. The van der Waals surface area contributed by atoms with Crippen molar-refractivity contribution in [2.75, 3.05) is 6.61 Å². The SMILES string of the molecule is C=C(OCC)c1nnc(C(C)(C)C)cc1C(C)(F)F. The highest BCUT2D eigenvalue weighted by molar-refractivity contribution is 5.58. The molecular weight excluding hydrogens is 250 g/mol. The largest absolute Gasteiger partial charge is 0.492 e. The molecule has 1 aromatic rings. The standard InChI is InChI=1S/C14H20F2N2O/c1-7-19-9(2)12-10(14(6,15)16)8-11(17-18-12)13(3,4)5/h8H,2,7H2,1,3-6H3. The summed E-state index contributed by atoms with van der Waals surface area (Å²) in [4.78, 5) is 0. The maximum Gasteiger partial charge on any atom is 0.272 e. The van der Waals surface area contributed by atoms with E-state index in [0.29, 0.717) is 12.3 Å². The van der Waals surface area contributed by atoms with E-state index in [1.165, 1.54) is 6.07 Å². The Bertz CT molecular complexity index is 473. The Morgan fingerprint density at radius 2 is 1.84 bits per heavy atom. The maximum absolute atomic E-state index is 13.7. The van der Waals surface area contributed by atoms with E-state index in [1.807, 2.05) is 20.8 Å². The van der Waals surface area contributed by atoms with E-state index in [-0.39, 0.29) is 22.4 Å². The fourth-order valence-electron chi connectivity index (χ4n) is 1.54. The van der Waals surface area contributed by atoms with Crippen molar-refractivity contribution < 1.29 is 13.5 Å². The highest BCUT2D eigenvalue weighted by Crippen LogP contribution is 2.34. The number of aromatic nitrogens is 2. The first-order chi connectivity index (χ1) is 8.57. The van der Waals surface area contributed by atoms with Gasteiger partial charge in [-0.05, 0) is 13.0 Å². The molecule has 0 bridgehead atoms. The van der Waals surface area contributed by atoms with E-state index in [0.717, 1.165) is 6.92 Å². The fraction of sp³-hybridized carbons (Fsp3) is 0.571. The van der Waals surface area contributed by atoms with Crippen molar-refractivity contribution in [3.63, 3.8) is 0 Å².